The van der Waals surface area contributed by atoms with Gasteiger partial charge in [0.05, 0.1) is 16.8 Å². The number of azo groups is 1. The van der Waals surface area contributed by atoms with E-state index in [4.69, 9.17) is 0 Å². The molecule has 6 heteroatoms. The summed E-state index contributed by atoms with van der Waals surface area (Å²) in [4.78, 5) is 10.6. The predicted octanol–water partition coefficient (Wildman–Crippen LogP) is 3.47. The molecule has 0 amide bonds. The van der Waals surface area contributed by atoms with Crippen molar-refractivity contribution >= 4 is 27.4 Å². The standard InChI is InChI=1S/C14H15N5S/c1-10-8-20-13-12(10)15-9-16-14(13)18-17-6-11-4-3-5-19(2)7-11/h3-4,7-9H,5-6H2,1-2H3. The number of thiophene rings is 1. The number of aromatic nitrogens is 2. The molecule has 0 bridgehead atoms. The summed E-state index contributed by atoms with van der Waals surface area (Å²) in [5.74, 6) is 0.654. The van der Waals surface area contributed by atoms with Crippen molar-refractivity contribution in [1.29, 1.82) is 0 Å². The van der Waals surface area contributed by atoms with E-state index in [0.29, 0.717) is 12.4 Å². The molecule has 0 saturated carbocycles. The fourth-order valence-electron chi connectivity index (χ4n) is 2.05. The Balaban J connectivity index is 1.79. The first-order chi connectivity index (χ1) is 9.74. The van der Waals surface area contributed by atoms with E-state index in [2.05, 4.69) is 48.8 Å². The molecule has 0 radical (unpaired) electrons. The van der Waals surface area contributed by atoms with E-state index in [9.17, 15) is 0 Å². The van der Waals surface area contributed by atoms with Crippen molar-refractivity contribution in [1.82, 2.24) is 14.9 Å². The molecule has 0 aliphatic carbocycles. The zero-order valence-corrected chi connectivity index (χ0v) is 12.3. The zero-order valence-electron chi connectivity index (χ0n) is 11.4. The third-order valence-electron chi connectivity index (χ3n) is 3.04. The minimum Gasteiger partial charge on any atom is -0.376 e. The number of hydrogen-bond donors (Lipinski definition) is 0. The molecule has 2 aromatic rings. The van der Waals surface area contributed by atoms with Gasteiger partial charge in [0.15, 0.2) is 5.82 Å². The second kappa shape index (κ2) is 5.50. The summed E-state index contributed by atoms with van der Waals surface area (Å²) >= 11 is 1.61. The molecule has 2 aromatic heterocycles. The van der Waals surface area contributed by atoms with E-state index >= 15 is 0 Å². The summed E-state index contributed by atoms with van der Waals surface area (Å²) in [6.07, 6.45) is 7.84. The van der Waals surface area contributed by atoms with Crippen LogP contribution in [-0.4, -0.2) is 35.0 Å². The van der Waals surface area contributed by atoms with E-state index in [0.717, 1.165) is 27.9 Å². The molecule has 5 nitrogen and oxygen atoms in total. The maximum Gasteiger partial charge on any atom is 0.195 e. The molecule has 102 valence electrons. The molecule has 0 N–H and O–H groups in total. The molecule has 0 atom stereocenters. The Morgan fingerprint density at radius 3 is 3.15 bits per heavy atom. The van der Waals surface area contributed by atoms with Crippen LogP contribution in [0.3, 0.4) is 0 Å². The molecular weight excluding hydrogens is 270 g/mol. The summed E-state index contributed by atoms with van der Waals surface area (Å²) < 4.78 is 0.999. The van der Waals surface area contributed by atoms with Crippen LogP contribution in [0.25, 0.3) is 10.2 Å². The van der Waals surface area contributed by atoms with Crippen LogP contribution in [0.15, 0.2) is 45.9 Å². The summed E-state index contributed by atoms with van der Waals surface area (Å²) in [5.41, 5.74) is 3.27. The van der Waals surface area contributed by atoms with Crippen molar-refractivity contribution in [3.63, 3.8) is 0 Å². The highest BCUT2D eigenvalue weighted by Crippen LogP contribution is 2.30. The van der Waals surface area contributed by atoms with Crippen molar-refractivity contribution < 1.29 is 0 Å². The topological polar surface area (TPSA) is 53.7 Å². The van der Waals surface area contributed by atoms with Crippen LogP contribution in [0.2, 0.25) is 0 Å². The minimum atomic E-state index is 0.566. The van der Waals surface area contributed by atoms with Gasteiger partial charge in [0.2, 0.25) is 0 Å². The van der Waals surface area contributed by atoms with Gasteiger partial charge in [-0.2, -0.15) is 5.11 Å². The van der Waals surface area contributed by atoms with Gasteiger partial charge in [0, 0.05) is 19.8 Å². The second-order valence-electron chi connectivity index (χ2n) is 4.74. The molecular formula is C14H15N5S. The smallest absolute Gasteiger partial charge is 0.195 e. The quantitative estimate of drug-likeness (QED) is 0.811. The Hall–Kier alpha value is -2.08. The number of hydrogen-bond acceptors (Lipinski definition) is 6. The van der Waals surface area contributed by atoms with Gasteiger partial charge < -0.3 is 4.90 Å². The molecule has 3 heterocycles. The Labute approximate surface area is 121 Å². The summed E-state index contributed by atoms with van der Waals surface area (Å²) in [6.45, 7) is 3.55. The van der Waals surface area contributed by atoms with Crippen molar-refractivity contribution in [2.45, 2.75) is 6.92 Å². The molecule has 0 unspecified atom stereocenters. The zero-order chi connectivity index (χ0) is 13.9. The maximum atomic E-state index is 4.28. The van der Waals surface area contributed by atoms with Crippen LogP contribution >= 0.6 is 11.3 Å². The lowest BCUT2D eigenvalue weighted by atomic mass is 10.2. The summed E-state index contributed by atoms with van der Waals surface area (Å²) in [7, 11) is 2.04. The normalized spacial score (nSPS) is 15.3. The molecule has 0 saturated heterocycles. The van der Waals surface area contributed by atoms with Gasteiger partial charge in [-0.25, -0.2) is 9.97 Å². The first-order valence-electron chi connectivity index (χ1n) is 6.38. The first-order valence-corrected chi connectivity index (χ1v) is 7.26. The van der Waals surface area contributed by atoms with Gasteiger partial charge in [-0.15, -0.1) is 16.5 Å². The van der Waals surface area contributed by atoms with Crippen LogP contribution in [0, 0.1) is 6.92 Å². The third-order valence-corrected chi connectivity index (χ3v) is 4.13. The summed E-state index contributed by atoms with van der Waals surface area (Å²) in [6, 6.07) is 0. The van der Waals surface area contributed by atoms with E-state index in [1.54, 1.807) is 17.7 Å². The van der Waals surface area contributed by atoms with Crippen LogP contribution < -0.4 is 0 Å². The number of likely N-dealkylation sites (N-methyl/N-ethyl adjacent to an activating group) is 1. The fraction of sp³-hybridized carbons (Fsp3) is 0.286. The van der Waals surface area contributed by atoms with Crippen molar-refractivity contribution in [2.24, 2.45) is 10.2 Å². The predicted molar refractivity (Wildman–Crippen MR) is 81.4 cm³/mol. The van der Waals surface area contributed by atoms with E-state index in [-0.39, 0.29) is 0 Å². The largest absolute Gasteiger partial charge is 0.376 e. The number of nitrogens with zero attached hydrogens (tertiary/aromatic N) is 5. The first kappa shape index (κ1) is 12.9. The Kier molecular flexibility index (Phi) is 3.56. The monoisotopic (exact) mass is 285 g/mol. The molecule has 1 aliphatic heterocycles. The highest BCUT2D eigenvalue weighted by atomic mass is 32.1. The maximum absolute atomic E-state index is 4.28. The second-order valence-corrected chi connectivity index (χ2v) is 5.62. The lowest BCUT2D eigenvalue weighted by Gasteiger charge is -2.16. The number of rotatable bonds is 3. The molecule has 0 aromatic carbocycles. The van der Waals surface area contributed by atoms with Crippen LogP contribution in [0.1, 0.15) is 5.56 Å². The highest BCUT2D eigenvalue weighted by Gasteiger charge is 2.07. The number of fused-ring (bicyclic) bond motifs is 1. The third kappa shape index (κ3) is 2.60. The lowest BCUT2D eigenvalue weighted by molar-refractivity contribution is 0.499. The highest BCUT2D eigenvalue weighted by molar-refractivity contribution is 7.17. The van der Waals surface area contributed by atoms with Gasteiger partial charge in [-0.1, -0.05) is 12.2 Å². The van der Waals surface area contributed by atoms with Crippen molar-refractivity contribution in [3.05, 3.63) is 41.2 Å². The Morgan fingerprint density at radius 2 is 2.30 bits per heavy atom. The minimum absolute atomic E-state index is 0.566. The van der Waals surface area contributed by atoms with Crippen LogP contribution in [0.5, 0.6) is 0 Å². The van der Waals surface area contributed by atoms with Crippen molar-refractivity contribution in [3.8, 4) is 0 Å². The molecule has 0 spiro atoms. The number of aryl methyl sites for hydroxylation is 1. The van der Waals surface area contributed by atoms with Crippen LogP contribution in [0.4, 0.5) is 5.82 Å². The Bertz CT molecular complexity index is 713. The van der Waals surface area contributed by atoms with Gasteiger partial charge in [-0.05, 0) is 23.4 Å². The molecule has 20 heavy (non-hydrogen) atoms. The fourth-order valence-corrected chi connectivity index (χ4v) is 2.99. The SMILES string of the molecule is Cc1csc2c(N=NCC3=CN(C)CC=C3)ncnc12. The van der Waals surface area contributed by atoms with E-state index < -0.39 is 0 Å². The Morgan fingerprint density at radius 1 is 1.40 bits per heavy atom. The summed E-state index contributed by atoms with van der Waals surface area (Å²) in [5, 5.41) is 10.6. The lowest BCUT2D eigenvalue weighted by Crippen LogP contribution is -2.14. The van der Waals surface area contributed by atoms with Gasteiger partial charge in [0.25, 0.3) is 0 Å². The molecule has 0 fully saturated rings. The van der Waals surface area contributed by atoms with Gasteiger partial charge in [0.1, 0.15) is 6.33 Å². The van der Waals surface area contributed by atoms with Crippen LogP contribution in [-0.2, 0) is 0 Å². The van der Waals surface area contributed by atoms with Gasteiger partial charge >= 0.3 is 0 Å². The molecule has 1 aliphatic rings. The average molecular weight is 285 g/mol. The van der Waals surface area contributed by atoms with Gasteiger partial charge in [-0.3, -0.25) is 0 Å². The van der Waals surface area contributed by atoms with E-state index in [1.165, 1.54) is 0 Å². The average Bonchev–Trinajstić information content (AvgIpc) is 2.82. The molecule has 3 rings (SSSR count). The van der Waals surface area contributed by atoms with Crippen molar-refractivity contribution in [2.75, 3.05) is 20.1 Å². The van der Waals surface area contributed by atoms with E-state index in [1.807, 2.05) is 14.0 Å².